The SMILES string of the molecule is O=C(CCC1C(=O)N(c2ccc(F)cc2)C1c1ccc(C2OC(CO)C(O)C(O)C2O)cc1)c1ccc(F)cc1. The van der Waals surface area contributed by atoms with E-state index in [0.717, 1.165) is 5.56 Å². The maximum Gasteiger partial charge on any atom is 0.233 e. The molecule has 0 radical (unpaired) electrons. The number of hydrogen-bond acceptors (Lipinski definition) is 7. The molecule has 2 aliphatic heterocycles. The third-order valence-electron chi connectivity index (χ3n) is 7.67. The summed E-state index contributed by atoms with van der Waals surface area (Å²) >= 11 is 0. The van der Waals surface area contributed by atoms with E-state index in [1.807, 2.05) is 0 Å². The Morgan fingerprint density at radius 1 is 0.800 bits per heavy atom. The molecule has 8 nitrogen and oxygen atoms in total. The highest BCUT2D eigenvalue weighted by molar-refractivity contribution is 6.04. The van der Waals surface area contributed by atoms with Crippen molar-refractivity contribution in [2.75, 3.05) is 11.5 Å². The number of amides is 1. The maximum absolute atomic E-state index is 13.6. The van der Waals surface area contributed by atoms with Crippen molar-refractivity contribution in [3.05, 3.63) is 101 Å². The van der Waals surface area contributed by atoms with Crippen molar-refractivity contribution in [1.82, 2.24) is 0 Å². The largest absolute Gasteiger partial charge is 0.394 e. The first-order valence-corrected chi connectivity index (χ1v) is 13.0. The number of rotatable bonds is 8. The van der Waals surface area contributed by atoms with Crippen molar-refractivity contribution in [1.29, 1.82) is 0 Å². The molecule has 40 heavy (non-hydrogen) atoms. The van der Waals surface area contributed by atoms with Gasteiger partial charge in [-0.2, -0.15) is 0 Å². The molecule has 4 N–H and O–H groups in total. The third kappa shape index (κ3) is 5.28. The zero-order valence-electron chi connectivity index (χ0n) is 21.3. The number of carbonyl (C=O) groups is 2. The molecule has 2 fully saturated rings. The summed E-state index contributed by atoms with van der Waals surface area (Å²) in [5, 5.41) is 40.2. The summed E-state index contributed by atoms with van der Waals surface area (Å²) in [5.74, 6) is -1.88. The Morgan fingerprint density at radius 2 is 1.38 bits per heavy atom. The highest BCUT2D eigenvalue weighted by atomic mass is 19.1. The minimum absolute atomic E-state index is 0.0682. The Hall–Kier alpha value is -3.54. The molecule has 1 amide bonds. The van der Waals surface area contributed by atoms with Crippen LogP contribution in [0.5, 0.6) is 0 Å². The van der Waals surface area contributed by atoms with Crippen molar-refractivity contribution in [3.8, 4) is 0 Å². The zero-order chi connectivity index (χ0) is 28.6. The van der Waals surface area contributed by atoms with Crippen LogP contribution >= 0.6 is 0 Å². The summed E-state index contributed by atoms with van der Waals surface area (Å²) in [7, 11) is 0. The van der Waals surface area contributed by atoms with Gasteiger partial charge in [0.15, 0.2) is 5.78 Å². The normalized spacial score (nSPS) is 28.3. The van der Waals surface area contributed by atoms with Gasteiger partial charge in [0, 0.05) is 17.7 Å². The molecular weight excluding hydrogens is 524 g/mol. The standard InChI is InChI=1S/C30H29F2NO7/c31-19-7-5-16(6-8-19)23(35)14-13-22-25(33(30(22)39)21-11-9-20(32)10-12-21)17-1-3-18(4-2-17)29-28(38)27(37)26(36)24(15-34)40-29/h1-12,22,24-29,34,36-38H,13-15H2. The molecule has 3 aromatic rings. The highest BCUT2D eigenvalue weighted by Gasteiger charge is 2.49. The fourth-order valence-electron chi connectivity index (χ4n) is 5.43. The number of halogens is 2. The second-order valence-corrected chi connectivity index (χ2v) is 10.1. The topological polar surface area (TPSA) is 128 Å². The van der Waals surface area contributed by atoms with E-state index in [0.29, 0.717) is 16.8 Å². The molecule has 7 unspecified atom stereocenters. The number of aliphatic hydroxyl groups is 4. The van der Waals surface area contributed by atoms with Crippen LogP contribution in [-0.4, -0.2) is 63.1 Å². The molecule has 0 saturated carbocycles. The number of ketones is 1. The number of β-lactam (4-membered cyclic amide) rings is 1. The van der Waals surface area contributed by atoms with Crippen molar-refractivity contribution in [2.24, 2.45) is 5.92 Å². The predicted molar refractivity (Wildman–Crippen MR) is 139 cm³/mol. The molecule has 2 saturated heterocycles. The molecule has 0 aliphatic carbocycles. The highest BCUT2D eigenvalue weighted by Crippen LogP contribution is 2.46. The van der Waals surface area contributed by atoms with Crippen LogP contribution in [0.2, 0.25) is 0 Å². The molecule has 7 atom stereocenters. The van der Waals surface area contributed by atoms with E-state index in [1.165, 1.54) is 53.4 Å². The smallest absolute Gasteiger partial charge is 0.233 e. The first kappa shape index (κ1) is 28.0. The number of ether oxygens (including phenoxy) is 1. The molecule has 0 bridgehead atoms. The molecule has 3 aromatic carbocycles. The van der Waals surface area contributed by atoms with Crippen molar-refractivity contribution < 1.29 is 43.5 Å². The number of Topliss-reactive ketones (excluding diaryl/α,β-unsaturated/α-hetero) is 1. The summed E-state index contributed by atoms with van der Waals surface area (Å²) in [6.45, 7) is -0.547. The van der Waals surface area contributed by atoms with Crippen LogP contribution in [-0.2, 0) is 9.53 Å². The monoisotopic (exact) mass is 553 g/mol. The Morgan fingerprint density at radius 3 is 1.98 bits per heavy atom. The number of carbonyl (C=O) groups excluding carboxylic acids is 2. The maximum atomic E-state index is 13.6. The van der Waals surface area contributed by atoms with Gasteiger partial charge in [0.25, 0.3) is 0 Å². The van der Waals surface area contributed by atoms with Gasteiger partial charge in [-0.25, -0.2) is 8.78 Å². The fraction of sp³-hybridized carbons (Fsp3) is 0.333. The first-order chi connectivity index (χ1) is 19.2. The Kier molecular flexibility index (Phi) is 8.07. The number of nitrogens with zero attached hydrogens (tertiary/aromatic N) is 1. The van der Waals surface area contributed by atoms with Gasteiger partial charge >= 0.3 is 0 Å². The average Bonchev–Trinajstić information content (AvgIpc) is 2.96. The predicted octanol–water partition coefficient (Wildman–Crippen LogP) is 2.85. The number of hydrogen-bond donors (Lipinski definition) is 4. The van der Waals surface area contributed by atoms with Crippen LogP contribution < -0.4 is 4.90 Å². The molecule has 2 aliphatic rings. The average molecular weight is 554 g/mol. The van der Waals surface area contributed by atoms with Gasteiger partial charge < -0.3 is 30.1 Å². The molecule has 0 spiro atoms. The van der Waals surface area contributed by atoms with Crippen molar-refractivity contribution in [2.45, 2.75) is 49.4 Å². The minimum atomic E-state index is -1.52. The van der Waals surface area contributed by atoms with E-state index in [9.17, 15) is 38.8 Å². The molecule has 5 rings (SSSR count). The number of aliphatic hydroxyl groups excluding tert-OH is 4. The van der Waals surface area contributed by atoms with Gasteiger partial charge in [0.2, 0.25) is 5.91 Å². The fourth-order valence-corrected chi connectivity index (χ4v) is 5.43. The van der Waals surface area contributed by atoms with E-state index in [-0.39, 0.29) is 24.5 Å². The lowest BCUT2D eigenvalue weighted by atomic mass is 9.78. The van der Waals surface area contributed by atoms with Gasteiger partial charge in [-0.3, -0.25) is 9.59 Å². The second-order valence-electron chi connectivity index (χ2n) is 10.1. The van der Waals surface area contributed by atoms with E-state index >= 15 is 0 Å². The summed E-state index contributed by atoms with van der Waals surface area (Å²) in [6, 6.07) is 17.1. The summed E-state index contributed by atoms with van der Waals surface area (Å²) < 4.78 is 32.5. The lowest BCUT2D eigenvalue weighted by molar-refractivity contribution is -0.231. The van der Waals surface area contributed by atoms with Crippen LogP contribution in [0.4, 0.5) is 14.5 Å². The third-order valence-corrected chi connectivity index (χ3v) is 7.67. The first-order valence-electron chi connectivity index (χ1n) is 13.0. The summed E-state index contributed by atoms with van der Waals surface area (Å²) in [4.78, 5) is 27.5. The van der Waals surface area contributed by atoms with E-state index in [1.54, 1.807) is 24.3 Å². The van der Waals surface area contributed by atoms with Crippen LogP contribution in [0.3, 0.4) is 0 Å². The van der Waals surface area contributed by atoms with Gasteiger partial charge in [0.1, 0.15) is 42.2 Å². The van der Waals surface area contributed by atoms with E-state index in [4.69, 9.17) is 4.74 Å². The summed E-state index contributed by atoms with van der Waals surface area (Å²) in [6.07, 6.45) is -6.18. The summed E-state index contributed by atoms with van der Waals surface area (Å²) in [5.41, 5.74) is 2.05. The molecule has 210 valence electrons. The van der Waals surface area contributed by atoms with Crippen LogP contribution in [0.15, 0.2) is 72.8 Å². The lowest BCUT2D eigenvalue weighted by Crippen LogP contribution is -2.55. The molecule has 2 heterocycles. The Balaban J connectivity index is 1.38. The van der Waals surface area contributed by atoms with Gasteiger partial charge in [-0.05, 0) is 66.1 Å². The van der Waals surface area contributed by atoms with Crippen LogP contribution in [0.1, 0.15) is 46.5 Å². The Bertz CT molecular complexity index is 1350. The number of anilines is 1. The van der Waals surface area contributed by atoms with Gasteiger partial charge in [-0.1, -0.05) is 24.3 Å². The van der Waals surface area contributed by atoms with Gasteiger partial charge in [0.05, 0.1) is 18.6 Å². The zero-order valence-corrected chi connectivity index (χ0v) is 21.3. The number of benzene rings is 3. The van der Waals surface area contributed by atoms with Crippen molar-refractivity contribution in [3.63, 3.8) is 0 Å². The van der Waals surface area contributed by atoms with E-state index in [2.05, 4.69) is 0 Å². The lowest BCUT2D eigenvalue weighted by Gasteiger charge is -2.48. The van der Waals surface area contributed by atoms with Crippen molar-refractivity contribution >= 4 is 17.4 Å². The molecule has 10 heteroatoms. The van der Waals surface area contributed by atoms with E-state index < -0.39 is 60.7 Å². The quantitative estimate of drug-likeness (QED) is 0.250. The van der Waals surface area contributed by atoms with Gasteiger partial charge in [-0.15, -0.1) is 0 Å². The second kappa shape index (κ2) is 11.5. The Labute approximate surface area is 229 Å². The molecule has 0 aromatic heterocycles. The van der Waals surface area contributed by atoms with Crippen LogP contribution in [0, 0.1) is 17.6 Å². The molecular formula is C30H29F2NO7. The van der Waals surface area contributed by atoms with Crippen LogP contribution in [0.25, 0.3) is 0 Å². The minimum Gasteiger partial charge on any atom is -0.394 e.